The van der Waals surface area contributed by atoms with E-state index in [0.717, 1.165) is 36.1 Å². The Balaban J connectivity index is 2.00. The summed E-state index contributed by atoms with van der Waals surface area (Å²) in [6.45, 7) is 2.54. The monoisotopic (exact) mass is 377 g/mol. The number of unbranched alkanes of at least 4 members (excludes halogenated alkanes) is 2. The average Bonchev–Trinajstić information content (AvgIpc) is 2.68. The largest absolute Gasteiger partial charge is 0.493 e. The molecule has 0 saturated carbocycles. The Morgan fingerprint density at radius 3 is 2.75 bits per heavy atom. The minimum absolute atomic E-state index is 0.0418. The van der Waals surface area contributed by atoms with E-state index in [1.807, 2.05) is 25.1 Å². The first kappa shape index (κ1) is 20.8. The maximum atomic E-state index is 12.1. The van der Waals surface area contributed by atoms with Gasteiger partial charge >= 0.3 is 5.97 Å². The number of rotatable bonds is 9. The summed E-state index contributed by atoms with van der Waals surface area (Å²) in [4.78, 5) is 23.4. The van der Waals surface area contributed by atoms with Crippen molar-refractivity contribution in [2.45, 2.75) is 26.2 Å². The predicted molar refractivity (Wildman–Crippen MR) is 110 cm³/mol. The van der Waals surface area contributed by atoms with Crippen LogP contribution >= 0.6 is 0 Å². The van der Waals surface area contributed by atoms with Crippen LogP contribution in [-0.2, 0) is 4.79 Å². The van der Waals surface area contributed by atoms with Crippen molar-refractivity contribution < 1.29 is 19.4 Å². The van der Waals surface area contributed by atoms with Gasteiger partial charge in [-0.2, -0.15) is 0 Å². The Morgan fingerprint density at radius 2 is 2.00 bits per heavy atom. The Bertz CT molecular complexity index is 909. The molecular weight excluding hydrogens is 354 g/mol. The summed E-state index contributed by atoms with van der Waals surface area (Å²) in [5.74, 6) is 1.86. The lowest BCUT2D eigenvalue weighted by Crippen LogP contribution is -2.11. The third-order valence-electron chi connectivity index (χ3n) is 4.03. The van der Waals surface area contributed by atoms with Gasteiger partial charge in [-0.15, -0.1) is 12.3 Å². The number of amides is 1. The number of anilines is 1. The number of hydrogen-bond acceptors (Lipinski definition) is 3. The Morgan fingerprint density at radius 1 is 1.21 bits per heavy atom. The number of carbonyl (C=O) groups is 2. The summed E-state index contributed by atoms with van der Waals surface area (Å²) in [5, 5.41) is 11.8. The first-order chi connectivity index (χ1) is 13.5. The van der Waals surface area contributed by atoms with E-state index >= 15 is 0 Å². The van der Waals surface area contributed by atoms with E-state index in [1.165, 1.54) is 12.1 Å². The van der Waals surface area contributed by atoms with Crippen molar-refractivity contribution in [2.24, 2.45) is 0 Å². The highest BCUT2D eigenvalue weighted by atomic mass is 16.5. The van der Waals surface area contributed by atoms with E-state index in [-0.39, 0.29) is 11.3 Å². The second-order valence-corrected chi connectivity index (χ2v) is 6.21. The van der Waals surface area contributed by atoms with Gasteiger partial charge in [0.25, 0.3) is 0 Å². The molecule has 2 aromatic rings. The molecule has 0 aliphatic rings. The third-order valence-corrected chi connectivity index (χ3v) is 4.03. The number of benzene rings is 2. The zero-order valence-electron chi connectivity index (χ0n) is 15.8. The third kappa shape index (κ3) is 6.33. The lowest BCUT2D eigenvalue weighted by Gasteiger charge is -2.10. The molecule has 5 heteroatoms. The molecule has 0 bridgehead atoms. The van der Waals surface area contributed by atoms with E-state index in [0.29, 0.717) is 6.61 Å². The number of carboxylic acids is 1. The van der Waals surface area contributed by atoms with Crippen molar-refractivity contribution >= 4 is 23.6 Å². The van der Waals surface area contributed by atoms with Crippen molar-refractivity contribution in [2.75, 3.05) is 11.9 Å². The fourth-order valence-electron chi connectivity index (χ4n) is 2.51. The number of para-hydroxylation sites is 1. The molecule has 0 aliphatic carbocycles. The number of aryl methyl sites for hydroxylation is 1. The SMILES string of the molecule is C#CCCCCOc1cc(/C=C/C(=O)Nc2ccccc2C(=O)O)ccc1C. The molecule has 0 spiro atoms. The van der Waals surface area contributed by atoms with Crippen LogP contribution in [0.15, 0.2) is 48.5 Å². The number of terminal acetylenes is 1. The van der Waals surface area contributed by atoms with Crippen LogP contribution in [0.1, 0.15) is 40.7 Å². The topological polar surface area (TPSA) is 75.6 Å². The van der Waals surface area contributed by atoms with E-state index in [1.54, 1.807) is 24.3 Å². The first-order valence-corrected chi connectivity index (χ1v) is 8.99. The average molecular weight is 377 g/mol. The maximum Gasteiger partial charge on any atom is 0.337 e. The van der Waals surface area contributed by atoms with E-state index in [4.69, 9.17) is 16.3 Å². The molecule has 0 saturated heterocycles. The fourth-order valence-corrected chi connectivity index (χ4v) is 2.51. The minimum Gasteiger partial charge on any atom is -0.493 e. The molecule has 0 atom stereocenters. The molecule has 2 rings (SSSR count). The maximum absolute atomic E-state index is 12.1. The summed E-state index contributed by atoms with van der Waals surface area (Å²) in [7, 11) is 0. The summed E-state index contributed by atoms with van der Waals surface area (Å²) in [5.41, 5.74) is 2.12. The summed E-state index contributed by atoms with van der Waals surface area (Å²) in [6, 6.07) is 11.9. The van der Waals surface area contributed by atoms with Crippen molar-refractivity contribution in [1.82, 2.24) is 0 Å². The second kappa shape index (κ2) is 10.6. The molecule has 0 fully saturated rings. The highest BCUT2D eigenvalue weighted by Crippen LogP contribution is 2.21. The first-order valence-electron chi connectivity index (χ1n) is 8.99. The standard InChI is InChI=1S/C23H23NO4/c1-3-4-5-8-15-28-21-16-18(12-11-17(21)2)13-14-22(25)24-20-10-7-6-9-19(20)23(26)27/h1,6-7,9-14,16H,4-5,8,15H2,2H3,(H,24,25)(H,26,27)/b14-13+. The van der Waals surface area contributed by atoms with E-state index < -0.39 is 11.9 Å². The Labute approximate surface area is 165 Å². The zero-order chi connectivity index (χ0) is 20.4. The minimum atomic E-state index is -1.09. The highest BCUT2D eigenvalue weighted by molar-refractivity contribution is 6.06. The molecular formula is C23H23NO4. The number of nitrogens with one attached hydrogen (secondary N) is 1. The van der Waals surface area contributed by atoms with Gasteiger partial charge in [0, 0.05) is 12.5 Å². The van der Waals surface area contributed by atoms with Gasteiger partial charge in [0.2, 0.25) is 5.91 Å². The summed E-state index contributed by atoms with van der Waals surface area (Å²) < 4.78 is 5.80. The Hall–Kier alpha value is -3.52. The van der Waals surface area contributed by atoms with Crippen molar-refractivity contribution in [1.29, 1.82) is 0 Å². The lowest BCUT2D eigenvalue weighted by atomic mass is 10.1. The van der Waals surface area contributed by atoms with Crippen LogP contribution in [0.3, 0.4) is 0 Å². The van der Waals surface area contributed by atoms with Crippen LogP contribution in [0.5, 0.6) is 5.75 Å². The number of aromatic carboxylic acids is 1. The lowest BCUT2D eigenvalue weighted by molar-refractivity contribution is -0.111. The molecule has 0 aromatic heterocycles. The van der Waals surface area contributed by atoms with Gasteiger partial charge in [0.15, 0.2) is 0 Å². The summed E-state index contributed by atoms with van der Waals surface area (Å²) >= 11 is 0. The quantitative estimate of drug-likeness (QED) is 0.382. The molecule has 0 radical (unpaired) electrons. The molecule has 28 heavy (non-hydrogen) atoms. The number of hydrogen-bond donors (Lipinski definition) is 2. The summed E-state index contributed by atoms with van der Waals surface area (Å²) in [6.07, 6.45) is 10.8. The molecule has 1 amide bonds. The van der Waals surface area contributed by atoms with Gasteiger partial charge in [-0.05, 0) is 55.2 Å². The number of carbonyl (C=O) groups excluding carboxylic acids is 1. The van der Waals surface area contributed by atoms with Gasteiger partial charge in [0.05, 0.1) is 17.9 Å². The smallest absolute Gasteiger partial charge is 0.337 e. The molecule has 0 heterocycles. The van der Waals surface area contributed by atoms with Crippen molar-refractivity contribution in [3.63, 3.8) is 0 Å². The molecule has 144 valence electrons. The fraction of sp³-hybridized carbons (Fsp3) is 0.217. The van der Waals surface area contributed by atoms with Gasteiger partial charge in [-0.3, -0.25) is 4.79 Å². The van der Waals surface area contributed by atoms with Gasteiger partial charge in [-0.25, -0.2) is 4.79 Å². The van der Waals surface area contributed by atoms with Crippen LogP contribution < -0.4 is 10.1 Å². The molecule has 0 aliphatic heterocycles. The van der Waals surface area contributed by atoms with Crippen LogP contribution in [-0.4, -0.2) is 23.6 Å². The van der Waals surface area contributed by atoms with Crippen molar-refractivity contribution in [3.05, 3.63) is 65.2 Å². The van der Waals surface area contributed by atoms with Gasteiger partial charge in [-0.1, -0.05) is 24.3 Å². The van der Waals surface area contributed by atoms with Gasteiger partial charge in [0.1, 0.15) is 5.75 Å². The van der Waals surface area contributed by atoms with E-state index in [9.17, 15) is 9.59 Å². The van der Waals surface area contributed by atoms with Crippen LogP contribution in [0, 0.1) is 19.3 Å². The van der Waals surface area contributed by atoms with Crippen LogP contribution in [0.2, 0.25) is 0 Å². The predicted octanol–water partition coefficient (Wildman–Crippen LogP) is 4.53. The molecule has 2 N–H and O–H groups in total. The normalized spacial score (nSPS) is 10.4. The zero-order valence-corrected chi connectivity index (χ0v) is 15.8. The van der Waals surface area contributed by atoms with Gasteiger partial charge < -0.3 is 15.2 Å². The Kier molecular flexibility index (Phi) is 7.86. The number of ether oxygens (including phenoxy) is 1. The second-order valence-electron chi connectivity index (χ2n) is 6.21. The van der Waals surface area contributed by atoms with Crippen molar-refractivity contribution in [3.8, 4) is 18.1 Å². The molecule has 5 nitrogen and oxygen atoms in total. The molecule has 2 aromatic carbocycles. The van der Waals surface area contributed by atoms with Crippen LogP contribution in [0.4, 0.5) is 5.69 Å². The van der Waals surface area contributed by atoms with E-state index in [2.05, 4.69) is 11.2 Å². The number of carboxylic acid groups (broad SMARTS) is 1. The highest BCUT2D eigenvalue weighted by Gasteiger charge is 2.10. The molecule has 0 unspecified atom stereocenters. The van der Waals surface area contributed by atoms with Crippen LogP contribution in [0.25, 0.3) is 6.08 Å².